The van der Waals surface area contributed by atoms with E-state index in [1.165, 1.54) is 31.4 Å². The summed E-state index contributed by atoms with van der Waals surface area (Å²) in [4.78, 5) is 0. The number of nitrogens with one attached hydrogen (secondary N) is 1. The Labute approximate surface area is 100 Å². The van der Waals surface area contributed by atoms with E-state index in [0.29, 0.717) is 6.04 Å². The first-order chi connectivity index (χ1) is 7.77. The zero-order valence-corrected chi connectivity index (χ0v) is 11.0. The molecular formula is C14H26N2. The summed E-state index contributed by atoms with van der Waals surface area (Å²) in [7, 11) is 0. The van der Waals surface area contributed by atoms with E-state index in [2.05, 4.69) is 49.0 Å². The molecule has 1 atom stereocenters. The lowest BCUT2D eigenvalue weighted by Crippen LogP contribution is -2.27. The molecular weight excluding hydrogens is 196 g/mol. The van der Waals surface area contributed by atoms with Crippen LogP contribution in [0.25, 0.3) is 0 Å². The van der Waals surface area contributed by atoms with Crippen molar-refractivity contribution in [3.8, 4) is 0 Å². The smallest absolute Gasteiger partial charge is 0.0219 e. The molecule has 1 aromatic rings. The molecule has 1 N–H and O–H groups in total. The second kappa shape index (κ2) is 7.50. The Morgan fingerprint density at radius 3 is 2.81 bits per heavy atom. The monoisotopic (exact) mass is 222 g/mol. The van der Waals surface area contributed by atoms with Crippen LogP contribution in [-0.2, 0) is 13.0 Å². The van der Waals surface area contributed by atoms with Gasteiger partial charge in [0.1, 0.15) is 0 Å². The summed E-state index contributed by atoms with van der Waals surface area (Å²) in [6.45, 7) is 9.01. The first kappa shape index (κ1) is 13.3. The standard InChI is InChI=1S/C14H26N2/c1-4-10-15-13(3)8-9-14-7-6-12-16(14)11-5-2/h6-7,12-13,15H,4-5,8-11H2,1-3H3. The van der Waals surface area contributed by atoms with Crippen molar-refractivity contribution in [3.05, 3.63) is 24.0 Å². The van der Waals surface area contributed by atoms with Crippen molar-refractivity contribution in [1.29, 1.82) is 0 Å². The highest BCUT2D eigenvalue weighted by atomic mass is 15.0. The van der Waals surface area contributed by atoms with Crippen LogP contribution in [0.5, 0.6) is 0 Å². The molecule has 0 aliphatic carbocycles. The summed E-state index contributed by atoms with van der Waals surface area (Å²) in [6, 6.07) is 5.04. The van der Waals surface area contributed by atoms with E-state index in [1.54, 1.807) is 0 Å². The minimum absolute atomic E-state index is 0.630. The molecule has 0 aliphatic heterocycles. The Morgan fingerprint density at radius 1 is 1.31 bits per heavy atom. The van der Waals surface area contributed by atoms with Crippen molar-refractivity contribution in [2.24, 2.45) is 0 Å². The fourth-order valence-electron chi connectivity index (χ4n) is 1.99. The largest absolute Gasteiger partial charge is 0.351 e. The first-order valence-electron chi connectivity index (χ1n) is 6.65. The number of aryl methyl sites for hydroxylation is 2. The van der Waals surface area contributed by atoms with Gasteiger partial charge < -0.3 is 9.88 Å². The maximum Gasteiger partial charge on any atom is 0.0219 e. The minimum atomic E-state index is 0.630. The van der Waals surface area contributed by atoms with Crippen LogP contribution >= 0.6 is 0 Å². The fraction of sp³-hybridized carbons (Fsp3) is 0.714. The number of aromatic nitrogens is 1. The third-order valence-electron chi connectivity index (χ3n) is 2.96. The van der Waals surface area contributed by atoms with Crippen LogP contribution < -0.4 is 5.32 Å². The van der Waals surface area contributed by atoms with Crippen LogP contribution in [0.2, 0.25) is 0 Å². The maximum absolute atomic E-state index is 3.54. The van der Waals surface area contributed by atoms with Crippen molar-refractivity contribution < 1.29 is 0 Å². The minimum Gasteiger partial charge on any atom is -0.351 e. The molecule has 0 aliphatic rings. The average Bonchev–Trinajstić information content (AvgIpc) is 2.72. The van der Waals surface area contributed by atoms with Gasteiger partial charge in [0.15, 0.2) is 0 Å². The lowest BCUT2D eigenvalue weighted by atomic mass is 10.1. The predicted molar refractivity (Wildman–Crippen MR) is 70.8 cm³/mol. The molecule has 1 heterocycles. The average molecular weight is 222 g/mol. The van der Waals surface area contributed by atoms with Gasteiger partial charge in [-0.25, -0.2) is 0 Å². The zero-order valence-electron chi connectivity index (χ0n) is 11.0. The lowest BCUT2D eigenvalue weighted by molar-refractivity contribution is 0.504. The molecule has 2 nitrogen and oxygen atoms in total. The van der Waals surface area contributed by atoms with Gasteiger partial charge in [0, 0.05) is 24.5 Å². The van der Waals surface area contributed by atoms with E-state index in [0.717, 1.165) is 13.1 Å². The van der Waals surface area contributed by atoms with Crippen LogP contribution in [0.4, 0.5) is 0 Å². The van der Waals surface area contributed by atoms with E-state index in [9.17, 15) is 0 Å². The van der Waals surface area contributed by atoms with E-state index in [1.807, 2.05) is 0 Å². The molecule has 0 spiro atoms. The van der Waals surface area contributed by atoms with Crippen molar-refractivity contribution in [2.75, 3.05) is 6.54 Å². The summed E-state index contributed by atoms with van der Waals surface area (Å²) in [5.41, 5.74) is 1.48. The van der Waals surface area contributed by atoms with Gasteiger partial charge in [-0.3, -0.25) is 0 Å². The number of rotatable bonds is 8. The summed E-state index contributed by atoms with van der Waals surface area (Å²) in [5, 5.41) is 3.54. The quantitative estimate of drug-likeness (QED) is 0.714. The van der Waals surface area contributed by atoms with Gasteiger partial charge in [-0.2, -0.15) is 0 Å². The summed E-state index contributed by atoms with van der Waals surface area (Å²) < 4.78 is 2.38. The van der Waals surface area contributed by atoms with Crippen molar-refractivity contribution in [1.82, 2.24) is 9.88 Å². The highest BCUT2D eigenvalue weighted by molar-refractivity contribution is 5.07. The molecule has 0 bridgehead atoms. The zero-order chi connectivity index (χ0) is 11.8. The Hall–Kier alpha value is -0.760. The van der Waals surface area contributed by atoms with Crippen molar-refractivity contribution in [2.45, 2.75) is 59.0 Å². The Morgan fingerprint density at radius 2 is 2.12 bits per heavy atom. The van der Waals surface area contributed by atoms with Gasteiger partial charge in [0.25, 0.3) is 0 Å². The van der Waals surface area contributed by atoms with E-state index >= 15 is 0 Å². The number of hydrogen-bond donors (Lipinski definition) is 1. The third kappa shape index (κ3) is 4.40. The molecule has 1 unspecified atom stereocenters. The van der Waals surface area contributed by atoms with Crippen LogP contribution in [0.1, 0.15) is 45.7 Å². The van der Waals surface area contributed by atoms with Crippen molar-refractivity contribution >= 4 is 0 Å². The second-order valence-corrected chi connectivity index (χ2v) is 4.59. The molecule has 0 saturated carbocycles. The second-order valence-electron chi connectivity index (χ2n) is 4.59. The molecule has 0 fully saturated rings. The van der Waals surface area contributed by atoms with Crippen LogP contribution in [0, 0.1) is 0 Å². The maximum atomic E-state index is 3.54. The molecule has 0 radical (unpaired) electrons. The number of nitrogens with zero attached hydrogens (tertiary/aromatic N) is 1. The molecule has 1 aromatic heterocycles. The van der Waals surface area contributed by atoms with Crippen LogP contribution in [0.3, 0.4) is 0 Å². The van der Waals surface area contributed by atoms with Crippen molar-refractivity contribution in [3.63, 3.8) is 0 Å². The van der Waals surface area contributed by atoms with Gasteiger partial charge in [-0.15, -0.1) is 0 Å². The summed E-state index contributed by atoms with van der Waals surface area (Å²) in [5.74, 6) is 0. The van der Waals surface area contributed by atoms with Gasteiger partial charge >= 0.3 is 0 Å². The van der Waals surface area contributed by atoms with E-state index in [-0.39, 0.29) is 0 Å². The molecule has 16 heavy (non-hydrogen) atoms. The topological polar surface area (TPSA) is 17.0 Å². The molecule has 0 saturated heterocycles. The third-order valence-corrected chi connectivity index (χ3v) is 2.96. The highest BCUT2D eigenvalue weighted by Gasteiger charge is 2.04. The molecule has 0 aromatic carbocycles. The van der Waals surface area contributed by atoms with Gasteiger partial charge in [-0.05, 0) is 51.3 Å². The predicted octanol–water partition coefficient (Wildman–Crippen LogP) is 3.22. The Kier molecular flexibility index (Phi) is 6.24. The first-order valence-corrected chi connectivity index (χ1v) is 6.65. The Balaban J connectivity index is 2.32. The van der Waals surface area contributed by atoms with E-state index < -0.39 is 0 Å². The Bertz CT molecular complexity index is 278. The summed E-state index contributed by atoms with van der Waals surface area (Å²) in [6.07, 6.45) is 7.05. The van der Waals surface area contributed by atoms with Crippen LogP contribution in [-0.4, -0.2) is 17.2 Å². The van der Waals surface area contributed by atoms with Gasteiger partial charge in [0.05, 0.1) is 0 Å². The summed E-state index contributed by atoms with van der Waals surface area (Å²) >= 11 is 0. The van der Waals surface area contributed by atoms with E-state index in [4.69, 9.17) is 0 Å². The SMILES string of the molecule is CCCNC(C)CCc1cccn1CCC. The molecule has 2 heteroatoms. The molecule has 1 rings (SSSR count). The van der Waals surface area contributed by atoms with Gasteiger partial charge in [-0.1, -0.05) is 13.8 Å². The lowest BCUT2D eigenvalue weighted by Gasteiger charge is -2.14. The molecule has 92 valence electrons. The molecule has 0 amide bonds. The highest BCUT2D eigenvalue weighted by Crippen LogP contribution is 2.08. The van der Waals surface area contributed by atoms with Gasteiger partial charge in [0.2, 0.25) is 0 Å². The number of hydrogen-bond acceptors (Lipinski definition) is 1. The van der Waals surface area contributed by atoms with Crippen LogP contribution in [0.15, 0.2) is 18.3 Å². The fourth-order valence-corrected chi connectivity index (χ4v) is 1.99. The normalized spacial score (nSPS) is 12.9.